The maximum absolute atomic E-state index is 12.3. The van der Waals surface area contributed by atoms with Crippen molar-refractivity contribution in [3.8, 4) is 0 Å². The topological polar surface area (TPSA) is 85.2 Å². The maximum Gasteiger partial charge on any atom is 0.226 e. The molecule has 2 fully saturated rings. The van der Waals surface area contributed by atoms with E-state index in [0.717, 1.165) is 0 Å². The summed E-state index contributed by atoms with van der Waals surface area (Å²) in [6, 6.07) is 0. The lowest BCUT2D eigenvalue weighted by Crippen LogP contribution is -2.50. The predicted octanol–water partition coefficient (Wildman–Crippen LogP) is -0.976. The minimum Gasteiger partial charge on any atom is -0.323 e. The number of carbonyl (C=O) groups excluding carboxylic acids is 1. The van der Waals surface area contributed by atoms with Crippen molar-refractivity contribution in [1.29, 1.82) is 0 Å². The number of aromatic nitrogens is 3. The van der Waals surface area contributed by atoms with E-state index < -0.39 is 20.0 Å². The van der Waals surface area contributed by atoms with Crippen molar-refractivity contribution in [2.75, 3.05) is 6.54 Å². The second-order valence-electron chi connectivity index (χ2n) is 4.78. The number of rotatable bonds is 2. The first kappa shape index (κ1) is 10.7. The molecule has 92 valence electrons. The lowest BCUT2D eigenvalue weighted by Gasteiger charge is -2.31. The molecule has 1 aromatic rings. The van der Waals surface area contributed by atoms with Crippen molar-refractivity contribution in [3.63, 3.8) is 0 Å². The molecular formula is C9H12N4O3S. The number of sulfone groups is 1. The predicted molar refractivity (Wildman–Crippen MR) is 57.5 cm³/mol. The summed E-state index contributed by atoms with van der Waals surface area (Å²) >= 11 is 0. The number of hydrogen-bond donors (Lipinski definition) is 0. The Hall–Kier alpha value is -1.44. The van der Waals surface area contributed by atoms with Gasteiger partial charge in [-0.1, -0.05) is 5.21 Å². The van der Waals surface area contributed by atoms with Gasteiger partial charge in [-0.25, -0.2) is 8.42 Å². The van der Waals surface area contributed by atoms with Gasteiger partial charge in [0.2, 0.25) is 5.91 Å². The van der Waals surface area contributed by atoms with Crippen molar-refractivity contribution in [2.45, 2.75) is 30.0 Å². The second kappa shape index (κ2) is 3.06. The van der Waals surface area contributed by atoms with Crippen LogP contribution in [0.25, 0.3) is 0 Å². The van der Waals surface area contributed by atoms with Crippen LogP contribution >= 0.6 is 0 Å². The second-order valence-corrected chi connectivity index (χ2v) is 7.40. The molecule has 17 heavy (non-hydrogen) atoms. The average molecular weight is 256 g/mol. The van der Waals surface area contributed by atoms with Crippen LogP contribution in [0.15, 0.2) is 12.4 Å². The summed E-state index contributed by atoms with van der Waals surface area (Å²) in [7, 11) is -3.32. The Labute approximate surface area is 98.3 Å². The highest BCUT2D eigenvalue weighted by molar-refractivity contribution is 7.93. The molecule has 8 heteroatoms. The van der Waals surface area contributed by atoms with Crippen LogP contribution < -0.4 is 0 Å². The van der Waals surface area contributed by atoms with Crippen LogP contribution in [0.4, 0.5) is 0 Å². The fourth-order valence-electron chi connectivity index (χ4n) is 2.47. The van der Waals surface area contributed by atoms with Crippen LogP contribution in [-0.4, -0.2) is 50.9 Å². The number of fused-ring (bicyclic) bond motifs is 1. The quantitative estimate of drug-likeness (QED) is 0.635. The Morgan fingerprint density at radius 2 is 2.35 bits per heavy atom. The van der Waals surface area contributed by atoms with Crippen molar-refractivity contribution in [1.82, 2.24) is 19.9 Å². The minimum atomic E-state index is -3.32. The molecule has 1 aromatic heterocycles. The van der Waals surface area contributed by atoms with E-state index >= 15 is 0 Å². The Balaban J connectivity index is 1.95. The van der Waals surface area contributed by atoms with E-state index in [2.05, 4.69) is 10.3 Å². The molecule has 3 rings (SSSR count). The molecule has 3 heterocycles. The highest BCUT2D eigenvalue weighted by atomic mass is 32.2. The Bertz CT molecular complexity index is 567. The van der Waals surface area contributed by atoms with Crippen LogP contribution in [0.1, 0.15) is 13.3 Å². The summed E-state index contributed by atoms with van der Waals surface area (Å²) < 4.78 is 25.1. The standard InChI is InChI=1S/C9H12N4O3S/c1-9(5-12-3-2-10-11-12)6-13-7(14)4-8(13)17(9,15)16/h2-3,8H,4-6H2,1H3/t8?,9-/m1/s1. The van der Waals surface area contributed by atoms with Gasteiger partial charge >= 0.3 is 0 Å². The Kier molecular flexibility index (Phi) is 1.93. The lowest BCUT2D eigenvalue weighted by molar-refractivity contribution is -0.141. The van der Waals surface area contributed by atoms with Crippen molar-refractivity contribution in [3.05, 3.63) is 12.4 Å². The molecule has 0 aliphatic carbocycles. The highest BCUT2D eigenvalue weighted by Gasteiger charge is 2.61. The third kappa shape index (κ3) is 1.27. The van der Waals surface area contributed by atoms with Gasteiger partial charge in [-0.3, -0.25) is 9.48 Å². The van der Waals surface area contributed by atoms with Gasteiger partial charge < -0.3 is 4.90 Å². The van der Waals surface area contributed by atoms with Gasteiger partial charge in [0.15, 0.2) is 9.84 Å². The third-order valence-electron chi connectivity index (χ3n) is 3.54. The molecule has 0 bridgehead atoms. The van der Waals surface area contributed by atoms with Gasteiger partial charge in [-0.05, 0) is 6.92 Å². The van der Waals surface area contributed by atoms with E-state index in [1.54, 1.807) is 13.1 Å². The number of hydrogen-bond acceptors (Lipinski definition) is 5. The van der Waals surface area contributed by atoms with Crippen molar-refractivity contribution >= 4 is 15.7 Å². The van der Waals surface area contributed by atoms with Crippen LogP contribution in [0.3, 0.4) is 0 Å². The van der Waals surface area contributed by atoms with Gasteiger partial charge in [-0.15, -0.1) is 5.10 Å². The number of carbonyl (C=O) groups is 1. The van der Waals surface area contributed by atoms with Crippen LogP contribution in [0.5, 0.6) is 0 Å². The van der Waals surface area contributed by atoms with E-state index in [0.29, 0.717) is 0 Å². The number of amides is 1. The molecule has 2 aliphatic heterocycles. The van der Waals surface area contributed by atoms with E-state index in [9.17, 15) is 13.2 Å². The molecule has 0 N–H and O–H groups in total. The fraction of sp³-hybridized carbons (Fsp3) is 0.667. The summed E-state index contributed by atoms with van der Waals surface area (Å²) in [5.74, 6) is -0.0825. The summed E-state index contributed by atoms with van der Waals surface area (Å²) in [5.41, 5.74) is 0. The Morgan fingerprint density at radius 1 is 1.59 bits per heavy atom. The summed E-state index contributed by atoms with van der Waals surface area (Å²) in [6.07, 6.45) is 3.25. The normalized spacial score (nSPS) is 34.5. The zero-order valence-electron chi connectivity index (χ0n) is 9.28. The molecular weight excluding hydrogens is 244 g/mol. The summed E-state index contributed by atoms with van der Waals surface area (Å²) in [6.45, 7) is 2.14. The van der Waals surface area contributed by atoms with Crippen molar-refractivity contribution in [2.24, 2.45) is 0 Å². The molecule has 2 aliphatic rings. The maximum atomic E-state index is 12.3. The molecule has 1 amide bonds. The first-order valence-electron chi connectivity index (χ1n) is 5.31. The van der Waals surface area contributed by atoms with Gasteiger partial charge in [0.1, 0.15) is 10.1 Å². The van der Waals surface area contributed by atoms with Crippen LogP contribution in [-0.2, 0) is 21.2 Å². The van der Waals surface area contributed by atoms with Crippen LogP contribution in [0, 0.1) is 0 Å². The fourth-order valence-corrected chi connectivity index (χ4v) is 4.65. The zero-order valence-corrected chi connectivity index (χ0v) is 10.1. The smallest absolute Gasteiger partial charge is 0.226 e. The summed E-state index contributed by atoms with van der Waals surface area (Å²) in [5, 5.41) is 6.81. The van der Waals surface area contributed by atoms with E-state index in [1.807, 2.05) is 0 Å². The van der Waals surface area contributed by atoms with E-state index in [4.69, 9.17) is 0 Å². The minimum absolute atomic E-state index is 0.0825. The van der Waals surface area contributed by atoms with Crippen LogP contribution in [0.2, 0.25) is 0 Å². The molecule has 0 radical (unpaired) electrons. The molecule has 1 unspecified atom stereocenters. The Morgan fingerprint density at radius 3 is 2.88 bits per heavy atom. The van der Waals surface area contributed by atoms with Gasteiger partial charge in [0.05, 0.1) is 19.2 Å². The molecule has 7 nitrogen and oxygen atoms in total. The molecule has 2 atom stereocenters. The largest absolute Gasteiger partial charge is 0.323 e. The number of nitrogens with zero attached hydrogens (tertiary/aromatic N) is 4. The summed E-state index contributed by atoms with van der Waals surface area (Å²) in [4.78, 5) is 12.8. The number of β-lactam (4-membered cyclic amide) rings is 1. The first-order chi connectivity index (χ1) is 7.94. The third-order valence-corrected chi connectivity index (χ3v) is 6.30. The van der Waals surface area contributed by atoms with Gasteiger partial charge in [0.25, 0.3) is 0 Å². The zero-order chi connectivity index (χ0) is 12.3. The molecule has 0 aromatic carbocycles. The van der Waals surface area contributed by atoms with E-state index in [1.165, 1.54) is 15.8 Å². The average Bonchev–Trinajstić information content (AvgIpc) is 2.78. The van der Waals surface area contributed by atoms with E-state index in [-0.39, 0.29) is 25.4 Å². The first-order valence-corrected chi connectivity index (χ1v) is 6.86. The van der Waals surface area contributed by atoms with Crippen molar-refractivity contribution < 1.29 is 13.2 Å². The lowest BCUT2D eigenvalue weighted by atomic mass is 10.1. The highest BCUT2D eigenvalue weighted by Crippen LogP contribution is 2.41. The SMILES string of the molecule is C[C@@]1(Cn2ccnn2)CN2C(=O)CC2S1(=O)=O. The molecule has 2 saturated heterocycles. The monoisotopic (exact) mass is 256 g/mol. The van der Waals surface area contributed by atoms with Gasteiger partial charge in [0, 0.05) is 12.7 Å². The molecule has 0 saturated carbocycles. The molecule has 0 spiro atoms. The van der Waals surface area contributed by atoms with Gasteiger partial charge in [-0.2, -0.15) is 0 Å².